The number of nitrogens with zero attached hydrogens (tertiary/aromatic N) is 1. The van der Waals surface area contributed by atoms with Gasteiger partial charge in [-0.15, -0.1) is 0 Å². The van der Waals surface area contributed by atoms with Crippen LogP contribution in [0.5, 0.6) is 11.5 Å². The van der Waals surface area contributed by atoms with Crippen molar-refractivity contribution < 1.29 is 24.2 Å². The third-order valence-electron chi connectivity index (χ3n) is 6.14. The molecule has 180 valence electrons. The second-order valence-corrected chi connectivity index (χ2v) is 8.88. The summed E-state index contributed by atoms with van der Waals surface area (Å²) in [7, 11) is 0. The van der Waals surface area contributed by atoms with Crippen molar-refractivity contribution in [1.29, 1.82) is 0 Å². The highest BCUT2D eigenvalue weighted by Crippen LogP contribution is 2.43. The number of phenolic OH excluding ortho intramolecular Hbond substituents is 2. The zero-order chi connectivity index (χ0) is 24.2. The van der Waals surface area contributed by atoms with E-state index in [0.29, 0.717) is 34.6 Å². The van der Waals surface area contributed by atoms with Crippen LogP contribution in [0.1, 0.15) is 48.2 Å². The summed E-state index contributed by atoms with van der Waals surface area (Å²) in [4.78, 5) is 15.2. The van der Waals surface area contributed by atoms with Crippen LogP contribution in [0.15, 0.2) is 47.1 Å². The smallest absolute Gasteiger partial charge is 0.255 e. The Morgan fingerprint density at radius 1 is 1.09 bits per heavy atom. The Morgan fingerprint density at radius 3 is 2.44 bits per heavy atom. The Labute approximate surface area is 200 Å². The summed E-state index contributed by atoms with van der Waals surface area (Å²) in [5, 5.41) is 23.8. The predicted molar refractivity (Wildman–Crippen MR) is 131 cm³/mol. The van der Waals surface area contributed by atoms with Gasteiger partial charge in [-0.25, -0.2) is 0 Å². The van der Waals surface area contributed by atoms with E-state index in [1.54, 1.807) is 6.07 Å². The number of carbonyl (C=O) groups excluding carboxylic acids is 1. The van der Waals surface area contributed by atoms with Crippen molar-refractivity contribution in [1.82, 2.24) is 10.2 Å². The van der Waals surface area contributed by atoms with Crippen LogP contribution in [0.4, 0.5) is 0 Å². The number of hydrogen-bond donors (Lipinski definition) is 3. The molecular weight excluding hydrogens is 432 g/mol. The highest BCUT2D eigenvalue weighted by molar-refractivity contribution is 6.04. The van der Waals surface area contributed by atoms with Crippen LogP contribution in [-0.4, -0.2) is 53.9 Å². The van der Waals surface area contributed by atoms with E-state index in [0.717, 1.165) is 38.4 Å². The molecule has 4 rings (SSSR count). The van der Waals surface area contributed by atoms with Gasteiger partial charge in [-0.1, -0.05) is 38.1 Å². The lowest BCUT2D eigenvalue weighted by Gasteiger charge is -2.26. The molecule has 0 radical (unpaired) electrons. The molecule has 0 aliphatic carbocycles. The highest BCUT2D eigenvalue weighted by Gasteiger charge is 2.25. The molecule has 2 aromatic carbocycles. The van der Waals surface area contributed by atoms with E-state index in [1.165, 1.54) is 17.9 Å². The van der Waals surface area contributed by atoms with Crippen LogP contribution >= 0.6 is 0 Å². The number of carbonyl (C=O) groups is 1. The van der Waals surface area contributed by atoms with Gasteiger partial charge in [0.1, 0.15) is 23.5 Å². The summed E-state index contributed by atoms with van der Waals surface area (Å²) in [5.74, 6) is 0.110. The maximum atomic E-state index is 12.8. The van der Waals surface area contributed by atoms with Gasteiger partial charge in [0, 0.05) is 37.8 Å². The third-order valence-corrected chi connectivity index (χ3v) is 6.14. The van der Waals surface area contributed by atoms with Crippen molar-refractivity contribution in [2.45, 2.75) is 33.2 Å². The van der Waals surface area contributed by atoms with E-state index in [1.807, 2.05) is 32.9 Å². The molecule has 7 nitrogen and oxygen atoms in total. The normalized spacial score (nSPS) is 14.5. The standard InChI is InChI=1S/C27H32N2O5/c1-4-28-27(32)22-16-34-26(21-13-20(17(2)3)23(30)14-24(21)31)25(22)19-7-5-18(6-8-19)15-29-9-11-33-12-10-29/h5-8,13-14,16-17,30-31H,4,9-12,15H2,1-3H3,(H,28,32). The van der Waals surface area contributed by atoms with Crippen molar-refractivity contribution in [2.75, 3.05) is 32.8 Å². The monoisotopic (exact) mass is 464 g/mol. The Morgan fingerprint density at radius 2 is 1.79 bits per heavy atom. The van der Waals surface area contributed by atoms with Gasteiger partial charge in [0.25, 0.3) is 5.91 Å². The van der Waals surface area contributed by atoms with Gasteiger partial charge in [-0.3, -0.25) is 9.69 Å². The number of benzene rings is 2. The Balaban J connectivity index is 1.76. The predicted octanol–water partition coefficient (Wildman–Crippen LogP) is 4.73. The molecule has 0 saturated carbocycles. The van der Waals surface area contributed by atoms with E-state index in [4.69, 9.17) is 9.15 Å². The summed E-state index contributed by atoms with van der Waals surface area (Å²) in [5.41, 5.74) is 4.12. The minimum Gasteiger partial charge on any atom is -0.508 e. The van der Waals surface area contributed by atoms with Gasteiger partial charge in [0.05, 0.1) is 24.3 Å². The van der Waals surface area contributed by atoms with Gasteiger partial charge < -0.3 is 24.7 Å². The summed E-state index contributed by atoms with van der Waals surface area (Å²) in [6.45, 7) is 10.4. The van der Waals surface area contributed by atoms with Crippen LogP contribution in [0.3, 0.4) is 0 Å². The van der Waals surface area contributed by atoms with Crippen LogP contribution < -0.4 is 5.32 Å². The topological polar surface area (TPSA) is 95.2 Å². The summed E-state index contributed by atoms with van der Waals surface area (Å²) >= 11 is 0. The second kappa shape index (κ2) is 10.3. The van der Waals surface area contributed by atoms with Crippen LogP contribution in [-0.2, 0) is 11.3 Å². The molecule has 1 aliphatic heterocycles. The third kappa shape index (κ3) is 4.95. The number of ether oxygens (including phenoxy) is 1. The molecule has 2 heterocycles. The van der Waals surface area contributed by atoms with Gasteiger partial charge in [0.2, 0.25) is 0 Å². The highest BCUT2D eigenvalue weighted by atomic mass is 16.5. The maximum absolute atomic E-state index is 12.8. The lowest BCUT2D eigenvalue weighted by atomic mass is 9.93. The first kappa shape index (κ1) is 23.9. The average molecular weight is 465 g/mol. The first-order valence-corrected chi connectivity index (χ1v) is 11.7. The number of nitrogens with one attached hydrogen (secondary N) is 1. The summed E-state index contributed by atoms with van der Waals surface area (Å²) in [6.07, 6.45) is 1.43. The number of morpholine rings is 1. The lowest BCUT2D eigenvalue weighted by Crippen LogP contribution is -2.35. The molecule has 1 aliphatic rings. The number of phenols is 2. The SMILES string of the molecule is CCNC(=O)c1coc(-c2cc(C(C)C)c(O)cc2O)c1-c1ccc(CN2CCOCC2)cc1. The largest absolute Gasteiger partial charge is 0.508 e. The van der Waals surface area contributed by atoms with Crippen molar-refractivity contribution in [3.8, 4) is 33.9 Å². The molecule has 0 unspecified atom stereocenters. The van der Waals surface area contributed by atoms with Gasteiger partial charge >= 0.3 is 0 Å². The fourth-order valence-corrected chi connectivity index (χ4v) is 4.30. The summed E-state index contributed by atoms with van der Waals surface area (Å²) < 4.78 is 11.3. The van der Waals surface area contributed by atoms with Crippen molar-refractivity contribution >= 4 is 5.91 Å². The maximum Gasteiger partial charge on any atom is 0.255 e. The first-order chi connectivity index (χ1) is 16.4. The van der Waals surface area contributed by atoms with Crippen molar-refractivity contribution in [3.63, 3.8) is 0 Å². The number of hydrogen-bond acceptors (Lipinski definition) is 6. The molecule has 34 heavy (non-hydrogen) atoms. The lowest BCUT2D eigenvalue weighted by molar-refractivity contribution is 0.0342. The quantitative estimate of drug-likeness (QED) is 0.468. The van der Waals surface area contributed by atoms with E-state index >= 15 is 0 Å². The molecule has 0 bridgehead atoms. The Hall–Kier alpha value is -3.29. The van der Waals surface area contributed by atoms with Crippen LogP contribution in [0.25, 0.3) is 22.5 Å². The first-order valence-electron chi connectivity index (χ1n) is 11.7. The van der Waals surface area contributed by atoms with Crippen LogP contribution in [0, 0.1) is 0 Å². The molecule has 7 heteroatoms. The molecule has 1 saturated heterocycles. The zero-order valence-corrected chi connectivity index (χ0v) is 19.9. The van der Waals surface area contributed by atoms with E-state index in [-0.39, 0.29) is 23.3 Å². The minimum absolute atomic E-state index is 0.0285. The van der Waals surface area contributed by atoms with E-state index in [9.17, 15) is 15.0 Å². The fraction of sp³-hybridized carbons (Fsp3) is 0.370. The van der Waals surface area contributed by atoms with Gasteiger partial charge in [-0.2, -0.15) is 0 Å². The van der Waals surface area contributed by atoms with Crippen molar-refractivity contribution in [3.05, 3.63) is 59.4 Å². The molecular formula is C27H32N2O5. The molecule has 3 aromatic rings. The second-order valence-electron chi connectivity index (χ2n) is 8.88. The minimum atomic E-state index is -0.243. The molecule has 0 atom stereocenters. The molecule has 0 spiro atoms. The van der Waals surface area contributed by atoms with E-state index in [2.05, 4.69) is 22.3 Å². The zero-order valence-electron chi connectivity index (χ0n) is 19.9. The van der Waals surface area contributed by atoms with Crippen molar-refractivity contribution in [2.24, 2.45) is 0 Å². The molecule has 3 N–H and O–H groups in total. The van der Waals surface area contributed by atoms with Crippen LogP contribution in [0.2, 0.25) is 0 Å². The molecule has 1 aromatic heterocycles. The fourth-order valence-electron chi connectivity index (χ4n) is 4.30. The van der Waals surface area contributed by atoms with Gasteiger partial charge in [0.15, 0.2) is 0 Å². The van der Waals surface area contributed by atoms with E-state index < -0.39 is 0 Å². The van der Waals surface area contributed by atoms with Gasteiger partial charge in [-0.05, 0) is 35.6 Å². The summed E-state index contributed by atoms with van der Waals surface area (Å²) in [6, 6.07) is 11.1. The number of rotatable bonds is 7. The Kier molecular flexibility index (Phi) is 7.24. The average Bonchev–Trinajstić information content (AvgIpc) is 3.25. The molecule has 1 amide bonds. The number of aromatic hydroxyl groups is 2. The molecule has 1 fully saturated rings. The Bertz CT molecular complexity index is 1140. The number of amides is 1. The number of furan rings is 1.